The van der Waals surface area contributed by atoms with Crippen molar-refractivity contribution in [3.8, 4) is 0 Å². The smallest absolute Gasteiger partial charge is 0.272 e. The van der Waals surface area contributed by atoms with Gasteiger partial charge in [0.2, 0.25) is 0 Å². The molecular weight excluding hydrogens is 331 g/mol. The van der Waals surface area contributed by atoms with Gasteiger partial charge in [-0.2, -0.15) is 0 Å². The number of carbonyl (C=O) groups is 1. The summed E-state index contributed by atoms with van der Waals surface area (Å²) in [6, 6.07) is 3.08. The fourth-order valence-corrected chi connectivity index (χ4v) is 3.23. The van der Waals surface area contributed by atoms with Crippen LogP contribution in [0.1, 0.15) is 29.6 Å². The first-order chi connectivity index (χ1) is 9.52. The molecule has 1 saturated carbocycles. The molecule has 1 amide bonds. The number of nitro groups is 1. The van der Waals surface area contributed by atoms with Crippen molar-refractivity contribution in [2.45, 2.75) is 25.3 Å². The monoisotopic (exact) mass is 344 g/mol. The number of non-ortho nitro benzene ring substituents is 1. The molecule has 2 atom stereocenters. The van der Waals surface area contributed by atoms with Crippen molar-refractivity contribution in [1.29, 1.82) is 0 Å². The van der Waals surface area contributed by atoms with Gasteiger partial charge in [0.05, 0.1) is 16.6 Å². The summed E-state index contributed by atoms with van der Waals surface area (Å²) in [6.45, 7) is 0. The standard InChI is InChI=1S/C13H14BrFN2O3/c14-7-8-2-1-3-12(8)16-13(18)10-5-4-9(17(19)20)6-11(10)15/h4-6,8,12H,1-3,7H2,(H,16,18). The topological polar surface area (TPSA) is 72.2 Å². The predicted molar refractivity (Wildman–Crippen MR) is 75.4 cm³/mol. The summed E-state index contributed by atoms with van der Waals surface area (Å²) in [5.41, 5.74) is -0.519. The van der Waals surface area contributed by atoms with E-state index in [0.717, 1.165) is 42.8 Å². The third kappa shape index (κ3) is 3.15. The minimum absolute atomic E-state index is 0.0245. The van der Waals surface area contributed by atoms with Gasteiger partial charge in [0.15, 0.2) is 0 Å². The van der Waals surface area contributed by atoms with Crippen molar-refractivity contribution in [1.82, 2.24) is 5.32 Å². The first-order valence-corrected chi connectivity index (χ1v) is 7.46. The lowest BCUT2D eigenvalue weighted by atomic mass is 10.1. The summed E-state index contributed by atoms with van der Waals surface area (Å²) in [5.74, 6) is -1.04. The van der Waals surface area contributed by atoms with Gasteiger partial charge < -0.3 is 5.32 Å². The van der Waals surface area contributed by atoms with Crippen molar-refractivity contribution in [2.24, 2.45) is 5.92 Å². The number of nitro benzene ring substituents is 1. The lowest BCUT2D eigenvalue weighted by molar-refractivity contribution is -0.385. The molecule has 1 aromatic rings. The highest BCUT2D eigenvalue weighted by Gasteiger charge is 2.28. The van der Waals surface area contributed by atoms with E-state index in [-0.39, 0.29) is 17.3 Å². The lowest BCUT2D eigenvalue weighted by Gasteiger charge is -2.19. The molecule has 2 unspecified atom stereocenters. The molecule has 2 rings (SSSR count). The van der Waals surface area contributed by atoms with E-state index in [2.05, 4.69) is 21.2 Å². The highest BCUT2D eigenvalue weighted by Crippen LogP contribution is 2.27. The molecule has 0 bridgehead atoms. The highest BCUT2D eigenvalue weighted by molar-refractivity contribution is 9.09. The maximum absolute atomic E-state index is 13.7. The molecule has 5 nitrogen and oxygen atoms in total. The molecule has 108 valence electrons. The molecule has 1 aromatic carbocycles. The van der Waals surface area contributed by atoms with E-state index in [0.29, 0.717) is 5.92 Å². The van der Waals surface area contributed by atoms with E-state index in [1.54, 1.807) is 0 Å². The summed E-state index contributed by atoms with van der Waals surface area (Å²) in [5, 5.41) is 14.1. The number of nitrogens with one attached hydrogen (secondary N) is 1. The second-order valence-corrected chi connectivity index (χ2v) is 5.49. The van der Waals surface area contributed by atoms with Gasteiger partial charge in [-0.05, 0) is 24.8 Å². The SMILES string of the molecule is O=C(NC1CCCC1CBr)c1ccc([N+](=O)[O-])cc1F. The molecule has 1 aliphatic carbocycles. The number of alkyl halides is 1. The van der Waals surface area contributed by atoms with Gasteiger partial charge in [0.25, 0.3) is 11.6 Å². The molecule has 1 N–H and O–H groups in total. The molecule has 0 saturated heterocycles. The molecular formula is C13H14BrFN2O3. The summed E-state index contributed by atoms with van der Waals surface area (Å²) >= 11 is 3.40. The third-order valence-corrected chi connectivity index (χ3v) is 4.41. The van der Waals surface area contributed by atoms with Crippen molar-refractivity contribution in [2.75, 3.05) is 5.33 Å². The van der Waals surface area contributed by atoms with Crippen LogP contribution in [-0.4, -0.2) is 22.2 Å². The van der Waals surface area contributed by atoms with Gasteiger partial charge >= 0.3 is 0 Å². The first-order valence-electron chi connectivity index (χ1n) is 6.33. The second-order valence-electron chi connectivity index (χ2n) is 4.85. The van der Waals surface area contributed by atoms with Crippen LogP contribution in [0.5, 0.6) is 0 Å². The van der Waals surface area contributed by atoms with E-state index >= 15 is 0 Å². The van der Waals surface area contributed by atoms with E-state index in [1.165, 1.54) is 0 Å². The average Bonchev–Trinajstić information content (AvgIpc) is 2.85. The minimum Gasteiger partial charge on any atom is -0.349 e. The van der Waals surface area contributed by atoms with Crippen LogP contribution >= 0.6 is 15.9 Å². The lowest BCUT2D eigenvalue weighted by Crippen LogP contribution is -2.38. The van der Waals surface area contributed by atoms with Crippen molar-refractivity contribution in [3.63, 3.8) is 0 Å². The fourth-order valence-electron chi connectivity index (χ4n) is 2.46. The maximum atomic E-state index is 13.7. The normalized spacial score (nSPS) is 21.7. The number of carbonyl (C=O) groups excluding carboxylic acids is 1. The molecule has 1 fully saturated rings. The number of rotatable bonds is 4. The Bertz CT molecular complexity index is 538. The number of benzene rings is 1. The zero-order chi connectivity index (χ0) is 14.7. The zero-order valence-electron chi connectivity index (χ0n) is 10.6. The van der Waals surface area contributed by atoms with Crippen molar-refractivity contribution < 1.29 is 14.1 Å². The van der Waals surface area contributed by atoms with Crippen molar-refractivity contribution in [3.05, 3.63) is 39.7 Å². The van der Waals surface area contributed by atoms with Crippen molar-refractivity contribution >= 4 is 27.5 Å². The van der Waals surface area contributed by atoms with E-state index in [9.17, 15) is 19.3 Å². The molecule has 7 heteroatoms. The number of hydrogen-bond acceptors (Lipinski definition) is 3. The van der Waals surface area contributed by atoms with Gasteiger partial charge in [-0.3, -0.25) is 14.9 Å². The van der Waals surface area contributed by atoms with Crippen LogP contribution in [0.25, 0.3) is 0 Å². The average molecular weight is 345 g/mol. The highest BCUT2D eigenvalue weighted by atomic mass is 79.9. The molecule has 1 aliphatic rings. The van der Waals surface area contributed by atoms with Crippen LogP contribution in [0.15, 0.2) is 18.2 Å². The number of halogens is 2. The quantitative estimate of drug-likeness (QED) is 0.518. The summed E-state index contributed by atoms with van der Waals surface area (Å²) < 4.78 is 13.7. The molecule has 0 heterocycles. The summed E-state index contributed by atoms with van der Waals surface area (Å²) in [7, 11) is 0. The molecule has 0 radical (unpaired) electrons. The second kappa shape index (κ2) is 6.30. The Kier molecular flexibility index (Phi) is 4.69. The Labute approximate surface area is 123 Å². The van der Waals surface area contributed by atoms with E-state index in [4.69, 9.17) is 0 Å². The van der Waals surface area contributed by atoms with Crippen LogP contribution in [0.3, 0.4) is 0 Å². The number of hydrogen-bond donors (Lipinski definition) is 1. The van der Waals surface area contributed by atoms with Gasteiger partial charge in [-0.1, -0.05) is 22.4 Å². The Morgan fingerprint density at radius 2 is 2.25 bits per heavy atom. The maximum Gasteiger partial charge on any atom is 0.272 e. The van der Waals surface area contributed by atoms with E-state index in [1.807, 2.05) is 0 Å². The van der Waals surface area contributed by atoms with Gasteiger partial charge in [0, 0.05) is 17.4 Å². The van der Waals surface area contributed by atoms with Crippen LogP contribution in [0, 0.1) is 21.8 Å². The molecule has 0 aliphatic heterocycles. The molecule has 0 spiro atoms. The zero-order valence-corrected chi connectivity index (χ0v) is 12.2. The number of nitrogens with zero attached hydrogens (tertiary/aromatic N) is 1. The molecule has 20 heavy (non-hydrogen) atoms. The van der Waals surface area contributed by atoms with Crippen LogP contribution in [0.4, 0.5) is 10.1 Å². The minimum atomic E-state index is -0.870. The van der Waals surface area contributed by atoms with E-state index < -0.39 is 16.6 Å². The van der Waals surface area contributed by atoms with Gasteiger partial charge in [0.1, 0.15) is 5.82 Å². The van der Waals surface area contributed by atoms with Crippen LogP contribution in [0.2, 0.25) is 0 Å². The Balaban J connectivity index is 2.11. The molecule has 0 aromatic heterocycles. The van der Waals surface area contributed by atoms with Crippen LogP contribution < -0.4 is 5.32 Å². The number of amides is 1. The first kappa shape index (κ1) is 14.9. The van der Waals surface area contributed by atoms with Gasteiger partial charge in [-0.25, -0.2) is 4.39 Å². The predicted octanol–water partition coefficient (Wildman–Crippen LogP) is 3.03. The fraction of sp³-hybridized carbons (Fsp3) is 0.462. The Morgan fingerprint density at radius 3 is 2.85 bits per heavy atom. The summed E-state index contributed by atoms with van der Waals surface area (Å²) in [6.07, 6.45) is 2.93. The van der Waals surface area contributed by atoms with Crippen LogP contribution in [-0.2, 0) is 0 Å². The summed E-state index contributed by atoms with van der Waals surface area (Å²) in [4.78, 5) is 21.9. The Hall–Kier alpha value is -1.50. The van der Waals surface area contributed by atoms with Gasteiger partial charge in [-0.15, -0.1) is 0 Å². The third-order valence-electron chi connectivity index (χ3n) is 3.58. The Morgan fingerprint density at radius 1 is 1.50 bits per heavy atom. The largest absolute Gasteiger partial charge is 0.349 e.